The van der Waals surface area contributed by atoms with Crippen molar-refractivity contribution in [2.24, 2.45) is 0 Å². The second-order valence-corrected chi connectivity index (χ2v) is 4.69. The Morgan fingerprint density at radius 1 is 1.41 bits per heavy atom. The van der Waals surface area contributed by atoms with Crippen LogP contribution in [0.25, 0.3) is 0 Å². The molecule has 3 nitrogen and oxygen atoms in total. The Kier molecular flexibility index (Phi) is 3.68. The molecule has 17 heavy (non-hydrogen) atoms. The Labute approximate surface area is 115 Å². The van der Waals surface area contributed by atoms with Crippen molar-refractivity contribution in [3.8, 4) is 0 Å². The standard InChI is InChI=1S/C11H6ClFINO2/c12-10-7(3-4-17-10)11(16)15-9-2-1-6(13)5-8(9)14/h1-5H,(H,15,16). The van der Waals surface area contributed by atoms with Gasteiger partial charge in [0.15, 0.2) is 0 Å². The molecule has 0 saturated heterocycles. The number of carbonyl (C=O) groups is 1. The number of benzene rings is 1. The zero-order chi connectivity index (χ0) is 12.4. The fourth-order valence-corrected chi connectivity index (χ4v) is 2.05. The van der Waals surface area contributed by atoms with Crippen molar-refractivity contribution < 1.29 is 13.6 Å². The molecule has 0 unspecified atom stereocenters. The van der Waals surface area contributed by atoms with Crippen molar-refractivity contribution in [1.82, 2.24) is 0 Å². The molecule has 1 heterocycles. The number of halogens is 3. The molecule has 0 bridgehead atoms. The molecule has 6 heteroatoms. The van der Waals surface area contributed by atoms with E-state index < -0.39 is 5.91 Å². The van der Waals surface area contributed by atoms with Gasteiger partial charge < -0.3 is 9.73 Å². The van der Waals surface area contributed by atoms with E-state index in [1.807, 2.05) is 22.6 Å². The molecule has 0 aliphatic rings. The topological polar surface area (TPSA) is 42.2 Å². The highest BCUT2D eigenvalue weighted by atomic mass is 127. The first-order chi connectivity index (χ1) is 8.08. The predicted molar refractivity (Wildman–Crippen MR) is 70.8 cm³/mol. The molecule has 0 fully saturated rings. The summed E-state index contributed by atoms with van der Waals surface area (Å²) in [4.78, 5) is 11.8. The predicted octanol–water partition coefficient (Wildman–Crippen LogP) is 3.93. The fraction of sp³-hybridized carbons (Fsp3) is 0. The Balaban J connectivity index is 2.22. The van der Waals surface area contributed by atoms with Gasteiger partial charge >= 0.3 is 0 Å². The monoisotopic (exact) mass is 365 g/mol. The first kappa shape index (κ1) is 12.4. The molecule has 1 aromatic carbocycles. The maximum Gasteiger partial charge on any atom is 0.260 e. The van der Waals surface area contributed by atoms with E-state index >= 15 is 0 Å². The minimum absolute atomic E-state index is 0.0274. The van der Waals surface area contributed by atoms with Crippen molar-refractivity contribution in [3.05, 3.63) is 50.7 Å². The average Bonchev–Trinajstić information content (AvgIpc) is 2.68. The number of carbonyl (C=O) groups excluding carboxylic acids is 1. The number of amides is 1. The lowest BCUT2D eigenvalue weighted by molar-refractivity contribution is 0.102. The molecular formula is C11H6ClFINO2. The summed E-state index contributed by atoms with van der Waals surface area (Å²) in [5.74, 6) is -0.748. The summed E-state index contributed by atoms with van der Waals surface area (Å²) in [7, 11) is 0. The molecular weight excluding hydrogens is 359 g/mol. The van der Waals surface area contributed by atoms with Crippen LogP contribution >= 0.6 is 34.2 Å². The van der Waals surface area contributed by atoms with Crippen molar-refractivity contribution in [1.29, 1.82) is 0 Å². The summed E-state index contributed by atoms with van der Waals surface area (Å²) < 4.78 is 18.3. The summed E-state index contributed by atoms with van der Waals surface area (Å²) in [5.41, 5.74) is 0.765. The second-order valence-electron chi connectivity index (χ2n) is 3.19. The molecule has 2 rings (SSSR count). The molecule has 2 aromatic rings. The Morgan fingerprint density at radius 2 is 2.18 bits per heavy atom. The van der Waals surface area contributed by atoms with Gasteiger partial charge in [-0.05, 0) is 58.5 Å². The van der Waals surface area contributed by atoms with Crippen molar-refractivity contribution in [2.75, 3.05) is 5.32 Å². The summed E-state index contributed by atoms with van der Waals surface area (Å²) >= 11 is 7.61. The van der Waals surface area contributed by atoms with Crippen LogP contribution in [0.2, 0.25) is 5.22 Å². The zero-order valence-corrected chi connectivity index (χ0v) is 11.3. The minimum Gasteiger partial charge on any atom is -0.452 e. The number of nitrogens with one attached hydrogen (secondary N) is 1. The smallest absolute Gasteiger partial charge is 0.260 e. The molecule has 1 aromatic heterocycles. The Bertz CT molecular complexity index is 570. The van der Waals surface area contributed by atoms with Gasteiger partial charge in [-0.25, -0.2) is 4.39 Å². The van der Waals surface area contributed by atoms with Crippen LogP contribution in [0.3, 0.4) is 0 Å². The fourth-order valence-electron chi connectivity index (χ4n) is 1.24. The van der Waals surface area contributed by atoms with Crippen LogP contribution in [0.4, 0.5) is 10.1 Å². The maximum atomic E-state index is 12.9. The third kappa shape index (κ3) is 2.78. The van der Waals surface area contributed by atoms with Crippen molar-refractivity contribution in [2.45, 2.75) is 0 Å². The summed E-state index contributed by atoms with van der Waals surface area (Å²) in [6, 6.07) is 5.55. The van der Waals surface area contributed by atoms with Gasteiger partial charge in [0.25, 0.3) is 5.91 Å². The largest absolute Gasteiger partial charge is 0.452 e. The van der Waals surface area contributed by atoms with Crippen LogP contribution in [-0.2, 0) is 0 Å². The lowest BCUT2D eigenvalue weighted by Gasteiger charge is -2.06. The van der Waals surface area contributed by atoms with E-state index in [4.69, 9.17) is 16.0 Å². The molecule has 0 saturated carbocycles. The highest BCUT2D eigenvalue weighted by Gasteiger charge is 2.14. The lowest BCUT2D eigenvalue weighted by Crippen LogP contribution is -2.12. The molecule has 0 aliphatic carbocycles. The van der Waals surface area contributed by atoms with Gasteiger partial charge in [0.05, 0.1) is 17.5 Å². The molecule has 0 atom stereocenters. The van der Waals surface area contributed by atoms with Crippen LogP contribution in [-0.4, -0.2) is 5.91 Å². The molecule has 1 N–H and O–H groups in total. The summed E-state index contributed by atoms with van der Waals surface area (Å²) in [5, 5.41) is 2.65. The Morgan fingerprint density at radius 3 is 2.76 bits per heavy atom. The number of hydrogen-bond donors (Lipinski definition) is 1. The molecule has 0 aliphatic heterocycles. The zero-order valence-electron chi connectivity index (χ0n) is 8.34. The third-order valence-corrected chi connectivity index (χ3v) is 3.23. The lowest BCUT2D eigenvalue weighted by atomic mass is 10.2. The van der Waals surface area contributed by atoms with Crippen molar-refractivity contribution in [3.63, 3.8) is 0 Å². The third-order valence-electron chi connectivity index (χ3n) is 2.04. The first-order valence-corrected chi connectivity index (χ1v) is 6.03. The van der Waals surface area contributed by atoms with Gasteiger partial charge in [0.2, 0.25) is 5.22 Å². The van der Waals surface area contributed by atoms with E-state index in [-0.39, 0.29) is 16.6 Å². The van der Waals surface area contributed by atoms with Crippen LogP contribution in [0, 0.1) is 9.39 Å². The summed E-state index contributed by atoms with van der Waals surface area (Å²) in [6.45, 7) is 0. The van der Waals surface area contributed by atoms with E-state index in [1.165, 1.54) is 30.5 Å². The number of hydrogen-bond acceptors (Lipinski definition) is 2. The van der Waals surface area contributed by atoms with E-state index in [9.17, 15) is 9.18 Å². The van der Waals surface area contributed by atoms with Crippen LogP contribution in [0.15, 0.2) is 34.9 Å². The van der Waals surface area contributed by atoms with Gasteiger partial charge in [-0.3, -0.25) is 4.79 Å². The van der Waals surface area contributed by atoms with E-state index in [0.29, 0.717) is 9.26 Å². The van der Waals surface area contributed by atoms with Gasteiger partial charge in [0, 0.05) is 3.57 Å². The summed E-state index contributed by atoms with van der Waals surface area (Å²) in [6.07, 6.45) is 1.33. The minimum atomic E-state index is -0.395. The van der Waals surface area contributed by atoms with Gasteiger partial charge in [-0.1, -0.05) is 0 Å². The van der Waals surface area contributed by atoms with Crippen LogP contribution < -0.4 is 5.32 Å². The van der Waals surface area contributed by atoms with E-state index in [2.05, 4.69) is 5.32 Å². The van der Waals surface area contributed by atoms with Gasteiger partial charge in [0.1, 0.15) is 5.82 Å². The molecule has 88 valence electrons. The first-order valence-electron chi connectivity index (χ1n) is 4.57. The van der Waals surface area contributed by atoms with Crippen molar-refractivity contribution >= 4 is 45.8 Å². The van der Waals surface area contributed by atoms with Gasteiger partial charge in [-0.2, -0.15) is 0 Å². The molecule has 1 amide bonds. The number of furan rings is 1. The van der Waals surface area contributed by atoms with E-state index in [0.717, 1.165) is 0 Å². The normalized spacial score (nSPS) is 10.3. The average molecular weight is 366 g/mol. The molecule has 0 radical (unpaired) electrons. The highest BCUT2D eigenvalue weighted by Crippen LogP contribution is 2.22. The highest BCUT2D eigenvalue weighted by molar-refractivity contribution is 14.1. The molecule has 0 spiro atoms. The van der Waals surface area contributed by atoms with Crippen LogP contribution in [0.1, 0.15) is 10.4 Å². The SMILES string of the molecule is O=C(Nc1ccc(F)cc1I)c1ccoc1Cl. The Hall–Kier alpha value is -1.08. The van der Waals surface area contributed by atoms with Gasteiger partial charge in [-0.15, -0.1) is 0 Å². The number of anilines is 1. The maximum absolute atomic E-state index is 12.9. The van der Waals surface area contributed by atoms with E-state index in [1.54, 1.807) is 0 Å². The second kappa shape index (κ2) is 5.05. The number of rotatable bonds is 2. The quantitative estimate of drug-likeness (QED) is 0.820. The van der Waals surface area contributed by atoms with Crippen LogP contribution in [0.5, 0.6) is 0 Å².